The van der Waals surface area contributed by atoms with E-state index in [9.17, 15) is 14.0 Å². The Morgan fingerprint density at radius 1 is 1.30 bits per heavy atom. The third kappa shape index (κ3) is 2.16. The summed E-state index contributed by atoms with van der Waals surface area (Å²) >= 11 is 0. The molecule has 2 aromatic rings. The highest BCUT2D eigenvalue weighted by atomic mass is 19.1. The van der Waals surface area contributed by atoms with E-state index in [0.29, 0.717) is 12.2 Å². The first-order valence-electron chi connectivity index (χ1n) is 6.08. The zero-order valence-corrected chi connectivity index (χ0v) is 10.4. The van der Waals surface area contributed by atoms with Crippen LogP contribution in [0.25, 0.3) is 6.08 Å². The molecule has 1 aliphatic heterocycles. The molecule has 0 amide bonds. The minimum Gasteiger partial charge on any atom is -0.469 e. The van der Waals surface area contributed by atoms with Crippen molar-refractivity contribution >= 4 is 6.08 Å². The lowest BCUT2D eigenvalue weighted by Crippen LogP contribution is -2.35. The molecule has 102 valence electrons. The molecular weight excluding hydrogens is 263 g/mol. The Kier molecular flexibility index (Phi) is 2.98. The lowest BCUT2D eigenvalue weighted by Gasteiger charge is -2.19. The van der Waals surface area contributed by atoms with Crippen LogP contribution in [0.4, 0.5) is 4.39 Å². The van der Waals surface area contributed by atoms with Gasteiger partial charge in [-0.1, -0.05) is 30.4 Å². The maximum atomic E-state index is 13.3. The van der Waals surface area contributed by atoms with Gasteiger partial charge < -0.3 is 4.74 Å². The number of nitrogens with zero attached hydrogens (tertiary/aromatic N) is 1. The topological polar surface area (TPSA) is 64.1 Å². The summed E-state index contributed by atoms with van der Waals surface area (Å²) in [6.07, 6.45) is 4.27. The number of fused-ring (bicyclic) bond motifs is 1. The predicted octanol–water partition coefficient (Wildman–Crippen LogP) is 1.67. The van der Waals surface area contributed by atoms with E-state index in [4.69, 9.17) is 4.74 Å². The molecule has 6 heteroatoms. The van der Waals surface area contributed by atoms with Gasteiger partial charge >= 0.3 is 5.69 Å². The number of ether oxygens (including phenoxy) is 1. The van der Waals surface area contributed by atoms with Crippen LogP contribution in [0.5, 0.6) is 5.75 Å². The Balaban J connectivity index is 2.05. The largest absolute Gasteiger partial charge is 0.469 e. The number of hydrogen-bond acceptors (Lipinski definition) is 3. The fourth-order valence-electron chi connectivity index (χ4n) is 2.08. The van der Waals surface area contributed by atoms with E-state index in [0.717, 1.165) is 16.3 Å². The van der Waals surface area contributed by atoms with Gasteiger partial charge in [0.25, 0.3) is 5.56 Å². The van der Waals surface area contributed by atoms with Crippen molar-refractivity contribution in [3.05, 3.63) is 68.8 Å². The van der Waals surface area contributed by atoms with Gasteiger partial charge in [-0.2, -0.15) is 4.39 Å². The number of hydrogen-bond donors (Lipinski definition) is 1. The Bertz CT molecular complexity index is 791. The molecule has 0 aliphatic carbocycles. The molecule has 1 unspecified atom stereocenters. The van der Waals surface area contributed by atoms with Crippen molar-refractivity contribution in [2.24, 2.45) is 0 Å². The van der Waals surface area contributed by atoms with Gasteiger partial charge in [0.2, 0.25) is 5.82 Å². The lowest BCUT2D eigenvalue weighted by molar-refractivity contribution is 0.129. The van der Waals surface area contributed by atoms with Gasteiger partial charge in [0, 0.05) is 12.0 Å². The fourth-order valence-corrected chi connectivity index (χ4v) is 2.08. The summed E-state index contributed by atoms with van der Waals surface area (Å²) in [6, 6.07) is 7.33. The average Bonchev–Trinajstić information content (AvgIpc) is 2.65. The number of para-hydroxylation sites is 1. The van der Waals surface area contributed by atoms with Crippen LogP contribution in [0, 0.1) is 5.82 Å². The normalized spacial score (nSPS) is 17.1. The van der Waals surface area contributed by atoms with Gasteiger partial charge in [-0.05, 0) is 6.07 Å². The second-order valence-electron chi connectivity index (χ2n) is 4.39. The van der Waals surface area contributed by atoms with E-state index < -0.39 is 23.3 Å². The number of rotatable bonds is 1. The van der Waals surface area contributed by atoms with Crippen molar-refractivity contribution in [2.45, 2.75) is 12.6 Å². The molecule has 0 saturated heterocycles. The van der Waals surface area contributed by atoms with E-state index in [1.165, 1.54) is 0 Å². The third-order valence-electron chi connectivity index (χ3n) is 3.05. The summed E-state index contributed by atoms with van der Waals surface area (Å²) in [5.74, 6) is -0.417. The summed E-state index contributed by atoms with van der Waals surface area (Å²) in [4.78, 5) is 24.7. The second kappa shape index (κ2) is 4.80. The minimum absolute atomic E-state index is 0.389. The molecule has 5 nitrogen and oxygen atoms in total. The molecule has 0 spiro atoms. The van der Waals surface area contributed by atoms with Crippen LogP contribution in [0.3, 0.4) is 0 Å². The number of benzene rings is 1. The Hall–Kier alpha value is -2.63. The highest BCUT2D eigenvalue weighted by Gasteiger charge is 2.18. The van der Waals surface area contributed by atoms with Crippen molar-refractivity contribution < 1.29 is 9.13 Å². The van der Waals surface area contributed by atoms with E-state index in [1.54, 1.807) is 6.07 Å². The highest BCUT2D eigenvalue weighted by Crippen LogP contribution is 2.28. The Morgan fingerprint density at radius 2 is 2.10 bits per heavy atom. The predicted molar refractivity (Wildman–Crippen MR) is 71.0 cm³/mol. The van der Waals surface area contributed by atoms with Crippen molar-refractivity contribution in [1.29, 1.82) is 0 Å². The quantitative estimate of drug-likeness (QED) is 0.860. The second-order valence-corrected chi connectivity index (χ2v) is 4.39. The third-order valence-corrected chi connectivity index (χ3v) is 3.05. The lowest BCUT2D eigenvalue weighted by atomic mass is 10.2. The monoisotopic (exact) mass is 274 g/mol. The highest BCUT2D eigenvalue weighted by molar-refractivity contribution is 5.57. The summed E-state index contributed by atoms with van der Waals surface area (Å²) in [6.45, 7) is 0. The Labute approximate surface area is 113 Å². The van der Waals surface area contributed by atoms with Gasteiger partial charge in [-0.15, -0.1) is 0 Å². The molecule has 20 heavy (non-hydrogen) atoms. The maximum absolute atomic E-state index is 13.3. The zero-order valence-electron chi connectivity index (χ0n) is 10.4. The standard InChI is InChI=1S/C14H11FN2O3/c15-10-8-17(14(19)16-13(10)18)12-7-3-5-9-4-1-2-6-11(9)20-12/h1-6,8,12H,7H2,(H,16,18,19). The van der Waals surface area contributed by atoms with Crippen molar-refractivity contribution in [1.82, 2.24) is 9.55 Å². The molecule has 0 fully saturated rings. The van der Waals surface area contributed by atoms with Crippen LogP contribution in [-0.2, 0) is 0 Å². The van der Waals surface area contributed by atoms with Crippen molar-refractivity contribution in [3.8, 4) is 5.75 Å². The summed E-state index contributed by atoms with van der Waals surface area (Å²) < 4.78 is 20.1. The maximum Gasteiger partial charge on any atom is 0.331 e. The molecule has 2 heterocycles. The van der Waals surface area contributed by atoms with E-state index >= 15 is 0 Å². The van der Waals surface area contributed by atoms with Crippen LogP contribution in [0.15, 0.2) is 46.1 Å². The number of aromatic amines is 1. The zero-order chi connectivity index (χ0) is 14.1. The van der Waals surface area contributed by atoms with Gasteiger partial charge in [0.15, 0.2) is 6.23 Å². The van der Waals surface area contributed by atoms with Crippen molar-refractivity contribution in [3.63, 3.8) is 0 Å². The number of H-pyrrole nitrogens is 1. The molecule has 1 N–H and O–H groups in total. The first-order chi connectivity index (χ1) is 9.65. The van der Waals surface area contributed by atoms with Crippen LogP contribution in [0.1, 0.15) is 18.2 Å². The van der Waals surface area contributed by atoms with Crippen LogP contribution < -0.4 is 16.0 Å². The average molecular weight is 274 g/mol. The van der Waals surface area contributed by atoms with Crippen molar-refractivity contribution in [2.75, 3.05) is 0 Å². The van der Waals surface area contributed by atoms with Gasteiger partial charge in [-0.25, -0.2) is 4.79 Å². The SMILES string of the molecule is O=c1[nH]c(=O)n(C2CC=Cc3ccccc3O2)cc1F. The molecule has 1 aliphatic rings. The molecule has 0 radical (unpaired) electrons. The van der Waals surface area contributed by atoms with Gasteiger partial charge in [0.05, 0.1) is 6.20 Å². The first-order valence-corrected chi connectivity index (χ1v) is 6.08. The van der Waals surface area contributed by atoms with E-state index in [1.807, 2.05) is 35.3 Å². The van der Waals surface area contributed by atoms with E-state index in [-0.39, 0.29) is 0 Å². The molecule has 1 aromatic heterocycles. The number of halogens is 1. The molecule has 0 saturated carbocycles. The van der Waals surface area contributed by atoms with Gasteiger partial charge in [-0.3, -0.25) is 14.3 Å². The summed E-state index contributed by atoms with van der Waals surface area (Å²) in [5.41, 5.74) is -0.849. The minimum atomic E-state index is -1.03. The smallest absolute Gasteiger partial charge is 0.331 e. The van der Waals surface area contributed by atoms with Gasteiger partial charge in [0.1, 0.15) is 5.75 Å². The molecule has 3 rings (SSSR count). The molecular formula is C14H11FN2O3. The Morgan fingerprint density at radius 3 is 2.95 bits per heavy atom. The molecule has 1 aromatic carbocycles. The number of aromatic nitrogens is 2. The van der Waals surface area contributed by atoms with Crippen LogP contribution >= 0.6 is 0 Å². The summed E-state index contributed by atoms with van der Waals surface area (Å²) in [7, 11) is 0. The summed E-state index contributed by atoms with van der Waals surface area (Å²) in [5, 5.41) is 0. The molecule has 1 atom stereocenters. The van der Waals surface area contributed by atoms with Crippen LogP contribution in [0.2, 0.25) is 0 Å². The van der Waals surface area contributed by atoms with E-state index in [2.05, 4.69) is 0 Å². The molecule has 0 bridgehead atoms. The van der Waals surface area contributed by atoms with Crippen LogP contribution in [-0.4, -0.2) is 9.55 Å². The first kappa shape index (κ1) is 12.4. The number of nitrogens with one attached hydrogen (secondary N) is 1. The fraction of sp³-hybridized carbons (Fsp3) is 0.143.